The molecule has 0 amide bonds. The van der Waals surface area contributed by atoms with Gasteiger partial charge in [0.05, 0.1) is 11.7 Å². The van der Waals surface area contributed by atoms with Crippen molar-refractivity contribution in [3.05, 3.63) is 33.5 Å². The van der Waals surface area contributed by atoms with Gasteiger partial charge in [-0.2, -0.15) is 18.3 Å². The van der Waals surface area contributed by atoms with Crippen LogP contribution >= 0.6 is 11.3 Å². The summed E-state index contributed by atoms with van der Waals surface area (Å²) in [6.07, 6.45) is -1.54. The number of hydrogen-bond acceptors (Lipinski definition) is 5. The van der Waals surface area contributed by atoms with Gasteiger partial charge in [-0.15, -0.1) is 11.3 Å². The monoisotopic (exact) mass is 291 g/mol. The van der Waals surface area contributed by atoms with Crippen LogP contribution in [0.4, 0.5) is 13.2 Å². The van der Waals surface area contributed by atoms with E-state index in [1.807, 2.05) is 0 Å². The molecular formula is C10H12F3N5S. The van der Waals surface area contributed by atoms with Crippen LogP contribution in [0.1, 0.15) is 27.2 Å². The van der Waals surface area contributed by atoms with Crippen molar-refractivity contribution in [1.29, 1.82) is 0 Å². The number of aromatic nitrogens is 3. The largest absolute Gasteiger partial charge is 0.443 e. The van der Waals surface area contributed by atoms with Crippen molar-refractivity contribution in [2.45, 2.75) is 19.1 Å². The minimum atomic E-state index is -4.44. The number of aryl methyl sites for hydroxylation is 2. The molecule has 1 atom stereocenters. The smallest absolute Gasteiger partial charge is 0.275 e. The predicted molar refractivity (Wildman–Crippen MR) is 64.2 cm³/mol. The number of hydrazine groups is 1. The topological polar surface area (TPSA) is 68.8 Å². The number of thiazole rings is 1. The Hall–Kier alpha value is -1.45. The molecule has 3 N–H and O–H groups in total. The average Bonchev–Trinajstić information content (AvgIpc) is 2.87. The van der Waals surface area contributed by atoms with Crippen LogP contribution in [-0.2, 0) is 13.2 Å². The van der Waals surface area contributed by atoms with Crippen LogP contribution in [0.25, 0.3) is 0 Å². The van der Waals surface area contributed by atoms with Gasteiger partial charge in [-0.1, -0.05) is 0 Å². The predicted octanol–water partition coefficient (Wildman–Crippen LogP) is 1.76. The molecule has 2 aromatic heterocycles. The molecule has 1 unspecified atom stereocenters. The van der Waals surface area contributed by atoms with Crippen molar-refractivity contribution in [2.24, 2.45) is 12.9 Å². The second-order valence-corrected chi connectivity index (χ2v) is 5.07. The molecule has 0 saturated heterocycles. The highest BCUT2D eigenvalue weighted by Gasteiger charge is 2.35. The van der Waals surface area contributed by atoms with Gasteiger partial charge in [-0.05, 0) is 6.92 Å². The minimum absolute atomic E-state index is 0.394. The van der Waals surface area contributed by atoms with Gasteiger partial charge in [0.15, 0.2) is 5.01 Å². The lowest BCUT2D eigenvalue weighted by molar-refractivity contribution is -0.137. The van der Waals surface area contributed by atoms with Crippen molar-refractivity contribution in [2.75, 3.05) is 0 Å². The van der Waals surface area contributed by atoms with Crippen LogP contribution in [0, 0.1) is 6.92 Å². The Bertz CT molecular complexity index is 574. The standard InChI is InChI=1S/C10H12F3N5S/c1-5-6(4-18(2)17-5)8(16-14)7-3-15-9(19-7)10(11,12)13/h3-4,8,16H,14H2,1-2H3. The molecule has 0 aliphatic rings. The number of nitrogens with one attached hydrogen (secondary N) is 1. The molecule has 19 heavy (non-hydrogen) atoms. The average molecular weight is 291 g/mol. The molecule has 104 valence electrons. The van der Waals surface area contributed by atoms with E-state index in [-0.39, 0.29) is 0 Å². The lowest BCUT2D eigenvalue weighted by Gasteiger charge is -2.12. The molecule has 0 bridgehead atoms. The van der Waals surface area contributed by atoms with E-state index in [4.69, 9.17) is 5.84 Å². The number of alkyl halides is 3. The lowest BCUT2D eigenvalue weighted by Crippen LogP contribution is -2.28. The maximum absolute atomic E-state index is 12.5. The Balaban J connectivity index is 2.38. The third-order valence-electron chi connectivity index (χ3n) is 2.58. The lowest BCUT2D eigenvalue weighted by atomic mass is 10.1. The van der Waals surface area contributed by atoms with Gasteiger partial charge in [0, 0.05) is 29.9 Å². The van der Waals surface area contributed by atoms with Gasteiger partial charge in [-0.25, -0.2) is 10.4 Å². The zero-order valence-corrected chi connectivity index (χ0v) is 11.0. The first kappa shape index (κ1) is 14.0. The summed E-state index contributed by atoms with van der Waals surface area (Å²) in [6.45, 7) is 1.77. The van der Waals surface area contributed by atoms with E-state index >= 15 is 0 Å². The third kappa shape index (κ3) is 2.77. The summed E-state index contributed by atoms with van der Waals surface area (Å²) < 4.78 is 39.2. The van der Waals surface area contributed by atoms with Gasteiger partial charge >= 0.3 is 6.18 Å². The molecule has 2 aromatic rings. The van der Waals surface area contributed by atoms with E-state index in [9.17, 15) is 13.2 Å². The van der Waals surface area contributed by atoms with Gasteiger partial charge in [0.2, 0.25) is 0 Å². The summed E-state index contributed by atoms with van der Waals surface area (Å²) in [5, 5.41) is 3.26. The fraction of sp³-hybridized carbons (Fsp3) is 0.400. The van der Waals surface area contributed by atoms with Gasteiger partial charge < -0.3 is 0 Å². The van der Waals surface area contributed by atoms with Crippen molar-refractivity contribution in [3.63, 3.8) is 0 Å². The van der Waals surface area contributed by atoms with Crippen LogP contribution in [0.3, 0.4) is 0 Å². The summed E-state index contributed by atoms with van der Waals surface area (Å²) in [7, 11) is 1.73. The molecule has 0 aromatic carbocycles. The molecule has 0 aliphatic heterocycles. The Morgan fingerprint density at radius 3 is 2.58 bits per heavy atom. The first-order chi connectivity index (χ1) is 8.82. The Kier molecular flexibility index (Phi) is 3.61. The summed E-state index contributed by atoms with van der Waals surface area (Å²) in [5.41, 5.74) is 3.93. The zero-order chi connectivity index (χ0) is 14.2. The van der Waals surface area contributed by atoms with Crippen molar-refractivity contribution < 1.29 is 13.2 Å². The highest BCUT2D eigenvalue weighted by Crippen LogP contribution is 2.36. The van der Waals surface area contributed by atoms with E-state index in [2.05, 4.69) is 15.5 Å². The zero-order valence-electron chi connectivity index (χ0n) is 10.2. The quantitative estimate of drug-likeness (QED) is 0.668. The van der Waals surface area contributed by atoms with Crippen molar-refractivity contribution in [3.8, 4) is 0 Å². The number of halogens is 3. The van der Waals surface area contributed by atoms with Gasteiger partial charge in [0.1, 0.15) is 0 Å². The first-order valence-electron chi connectivity index (χ1n) is 5.32. The SMILES string of the molecule is Cc1nn(C)cc1C(NN)c1cnc(C(F)(F)F)s1. The number of nitrogens with zero attached hydrogens (tertiary/aromatic N) is 3. The van der Waals surface area contributed by atoms with E-state index < -0.39 is 17.2 Å². The van der Waals surface area contributed by atoms with Gasteiger partial charge in [0.25, 0.3) is 0 Å². The number of rotatable bonds is 3. The molecule has 0 saturated carbocycles. The van der Waals surface area contributed by atoms with E-state index in [0.29, 0.717) is 21.9 Å². The number of nitrogens with two attached hydrogens (primary N) is 1. The van der Waals surface area contributed by atoms with Crippen molar-refractivity contribution >= 4 is 11.3 Å². The molecule has 0 fully saturated rings. The highest BCUT2D eigenvalue weighted by atomic mass is 32.1. The number of hydrogen-bond donors (Lipinski definition) is 2. The molecule has 0 aliphatic carbocycles. The Labute approximate surface area is 111 Å². The molecule has 2 heterocycles. The second kappa shape index (κ2) is 4.91. The summed E-state index contributed by atoms with van der Waals surface area (Å²) in [4.78, 5) is 3.78. The van der Waals surface area contributed by atoms with Crippen LogP contribution in [0.2, 0.25) is 0 Å². The van der Waals surface area contributed by atoms with Crippen LogP contribution in [0.5, 0.6) is 0 Å². The van der Waals surface area contributed by atoms with E-state index in [1.54, 1.807) is 24.9 Å². The summed E-state index contributed by atoms with van der Waals surface area (Å²) in [5.74, 6) is 5.44. The summed E-state index contributed by atoms with van der Waals surface area (Å²) in [6, 6.07) is -0.553. The minimum Gasteiger partial charge on any atom is -0.275 e. The third-order valence-corrected chi connectivity index (χ3v) is 3.69. The molecule has 0 radical (unpaired) electrons. The fourth-order valence-corrected chi connectivity index (χ4v) is 2.64. The van der Waals surface area contributed by atoms with Gasteiger partial charge in [-0.3, -0.25) is 10.5 Å². The van der Waals surface area contributed by atoms with Crippen LogP contribution < -0.4 is 11.3 Å². The molecule has 0 spiro atoms. The molecular weight excluding hydrogens is 279 g/mol. The maximum Gasteiger partial charge on any atom is 0.443 e. The van der Waals surface area contributed by atoms with Crippen molar-refractivity contribution in [1.82, 2.24) is 20.2 Å². The molecule has 9 heteroatoms. The van der Waals surface area contributed by atoms with Crippen LogP contribution in [0.15, 0.2) is 12.4 Å². The first-order valence-corrected chi connectivity index (χ1v) is 6.13. The molecule has 5 nitrogen and oxygen atoms in total. The molecule has 2 rings (SSSR count). The highest BCUT2D eigenvalue weighted by molar-refractivity contribution is 7.11. The second-order valence-electron chi connectivity index (χ2n) is 4.01. The maximum atomic E-state index is 12.5. The van der Waals surface area contributed by atoms with Crippen LogP contribution in [-0.4, -0.2) is 14.8 Å². The Morgan fingerprint density at radius 2 is 2.16 bits per heavy atom. The van der Waals surface area contributed by atoms with E-state index in [1.165, 1.54) is 6.20 Å². The Morgan fingerprint density at radius 1 is 1.47 bits per heavy atom. The normalized spacial score (nSPS) is 13.8. The summed E-state index contributed by atoms with van der Waals surface area (Å²) >= 11 is 0.570. The fourth-order valence-electron chi connectivity index (χ4n) is 1.78. The van der Waals surface area contributed by atoms with E-state index in [0.717, 1.165) is 5.56 Å².